The Morgan fingerprint density at radius 2 is 2.05 bits per heavy atom. The highest BCUT2D eigenvalue weighted by atomic mass is 127. The lowest BCUT2D eigenvalue weighted by Crippen LogP contribution is -2.24. The summed E-state index contributed by atoms with van der Waals surface area (Å²) in [7, 11) is 1.96. The van der Waals surface area contributed by atoms with Crippen LogP contribution in [0.5, 0.6) is 0 Å². The Labute approximate surface area is 130 Å². The van der Waals surface area contributed by atoms with Crippen molar-refractivity contribution < 1.29 is 4.79 Å². The molecule has 0 saturated heterocycles. The molecule has 1 aromatic heterocycles. The van der Waals surface area contributed by atoms with Crippen LogP contribution in [0.2, 0.25) is 0 Å². The molecule has 6 heteroatoms. The van der Waals surface area contributed by atoms with Crippen LogP contribution in [-0.4, -0.2) is 20.7 Å². The molecule has 5 nitrogen and oxygen atoms in total. The summed E-state index contributed by atoms with van der Waals surface area (Å²) in [6, 6.07) is 7.48. The van der Waals surface area contributed by atoms with Gasteiger partial charge in [-0.25, -0.2) is 0 Å². The van der Waals surface area contributed by atoms with Gasteiger partial charge in [0.1, 0.15) is 5.82 Å². The third-order valence-corrected chi connectivity index (χ3v) is 4.17. The van der Waals surface area contributed by atoms with Gasteiger partial charge in [-0.05, 0) is 59.7 Å². The lowest BCUT2D eigenvalue weighted by atomic mass is 10.2. The van der Waals surface area contributed by atoms with Crippen LogP contribution in [0, 0.1) is 3.57 Å². The number of halogens is 1. The highest BCUT2D eigenvalue weighted by Crippen LogP contribution is 2.38. The van der Waals surface area contributed by atoms with Crippen molar-refractivity contribution in [2.45, 2.75) is 25.3 Å². The Hall–Kier alpha value is -1.44. The SMILES string of the molecule is Cn1c(CNC(=O)c2ccc(I)cc2)nnc1C1CC1. The summed E-state index contributed by atoms with van der Waals surface area (Å²) in [5.41, 5.74) is 0.662. The molecule has 3 rings (SSSR count). The predicted octanol–water partition coefficient (Wildman–Crippen LogP) is 2.23. The van der Waals surface area contributed by atoms with Gasteiger partial charge in [-0.2, -0.15) is 0 Å². The molecule has 0 bridgehead atoms. The number of benzene rings is 1. The van der Waals surface area contributed by atoms with E-state index in [1.165, 1.54) is 12.8 Å². The second kappa shape index (κ2) is 5.51. The van der Waals surface area contributed by atoms with Crippen LogP contribution in [0.3, 0.4) is 0 Å². The second-order valence-corrected chi connectivity index (χ2v) is 6.24. The van der Waals surface area contributed by atoms with E-state index in [4.69, 9.17) is 0 Å². The number of carbonyl (C=O) groups excluding carboxylic acids is 1. The van der Waals surface area contributed by atoms with E-state index >= 15 is 0 Å². The largest absolute Gasteiger partial charge is 0.345 e. The molecule has 1 fully saturated rings. The fraction of sp³-hybridized carbons (Fsp3) is 0.357. The molecule has 1 aliphatic carbocycles. The summed E-state index contributed by atoms with van der Waals surface area (Å²) in [6.45, 7) is 0.404. The first-order valence-corrected chi connectivity index (χ1v) is 7.65. The lowest BCUT2D eigenvalue weighted by molar-refractivity contribution is 0.0949. The molecule has 0 spiro atoms. The maximum Gasteiger partial charge on any atom is 0.251 e. The molecule has 1 N–H and O–H groups in total. The molecular weight excluding hydrogens is 367 g/mol. The molecule has 1 aromatic carbocycles. The topological polar surface area (TPSA) is 59.8 Å². The molecule has 0 radical (unpaired) electrons. The van der Waals surface area contributed by atoms with Gasteiger partial charge < -0.3 is 9.88 Å². The zero-order valence-electron chi connectivity index (χ0n) is 11.1. The van der Waals surface area contributed by atoms with Crippen molar-refractivity contribution in [2.24, 2.45) is 7.05 Å². The monoisotopic (exact) mass is 382 g/mol. The first-order chi connectivity index (χ1) is 9.65. The van der Waals surface area contributed by atoms with Crippen LogP contribution >= 0.6 is 22.6 Å². The number of nitrogens with zero attached hydrogens (tertiary/aromatic N) is 3. The van der Waals surface area contributed by atoms with Gasteiger partial charge >= 0.3 is 0 Å². The van der Waals surface area contributed by atoms with Gasteiger partial charge in [0.05, 0.1) is 6.54 Å². The smallest absolute Gasteiger partial charge is 0.251 e. The Morgan fingerprint density at radius 3 is 2.70 bits per heavy atom. The Kier molecular flexibility index (Phi) is 3.73. The fourth-order valence-corrected chi connectivity index (χ4v) is 2.45. The van der Waals surface area contributed by atoms with Gasteiger partial charge in [-0.15, -0.1) is 10.2 Å². The van der Waals surface area contributed by atoms with Crippen molar-refractivity contribution in [3.8, 4) is 0 Å². The molecule has 0 atom stereocenters. The molecule has 0 unspecified atom stereocenters. The van der Waals surface area contributed by atoms with E-state index in [0.29, 0.717) is 18.0 Å². The van der Waals surface area contributed by atoms with Gasteiger partial charge in [0.15, 0.2) is 5.82 Å². The lowest BCUT2D eigenvalue weighted by Gasteiger charge is -2.06. The number of nitrogens with one attached hydrogen (secondary N) is 1. The van der Waals surface area contributed by atoms with Crippen LogP contribution in [-0.2, 0) is 13.6 Å². The third-order valence-electron chi connectivity index (χ3n) is 3.45. The van der Waals surface area contributed by atoms with Crippen molar-refractivity contribution in [3.05, 3.63) is 45.0 Å². The highest BCUT2D eigenvalue weighted by Gasteiger charge is 2.29. The van der Waals surface area contributed by atoms with E-state index in [0.717, 1.165) is 15.2 Å². The summed E-state index contributed by atoms with van der Waals surface area (Å²) < 4.78 is 3.10. The quantitative estimate of drug-likeness (QED) is 0.826. The molecule has 1 saturated carbocycles. The third kappa shape index (κ3) is 2.84. The minimum Gasteiger partial charge on any atom is -0.345 e. The van der Waals surface area contributed by atoms with Crippen LogP contribution < -0.4 is 5.32 Å². The van der Waals surface area contributed by atoms with E-state index in [1.54, 1.807) is 0 Å². The van der Waals surface area contributed by atoms with Gasteiger partial charge in [0, 0.05) is 22.1 Å². The standard InChI is InChI=1S/C14H15IN4O/c1-19-12(17-18-13(19)9-2-3-9)8-16-14(20)10-4-6-11(15)7-5-10/h4-7,9H,2-3,8H2,1H3,(H,16,20). The Morgan fingerprint density at radius 1 is 1.35 bits per heavy atom. The van der Waals surface area contributed by atoms with E-state index in [-0.39, 0.29) is 5.91 Å². The number of carbonyl (C=O) groups is 1. The van der Waals surface area contributed by atoms with Crippen molar-refractivity contribution >= 4 is 28.5 Å². The Bertz CT molecular complexity index is 631. The minimum atomic E-state index is -0.0858. The minimum absolute atomic E-state index is 0.0858. The molecule has 1 aliphatic rings. The zero-order chi connectivity index (χ0) is 14.1. The first-order valence-electron chi connectivity index (χ1n) is 6.57. The van der Waals surface area contributed by atoms with Crippen molar-refractivity contribution in [1.29, 1.82) is 0 Å². The number of aromatic nitrogens is 3. The van der Waals surface area contributed by atoms with Crippen molar-refractivity contribution in [1.82, 2.24) is 20.1 Å². The second-order valence-electron chi connectivity index (χ2n) is 5.00. The number of rotatable bonds is 4. The van der Waals surface area contributed by atoms with Crippen LogP contribution in [0.1, 0.15) is 40.8 Å². The number of amides is 1. The van der Waals surface area contributed by atoms with Gasteiger partial charge in [-0.3, -0.25) is 4.79 Å². The van der Waals surface area contributed by atoms with E-state index in [1.807, 2.05) is 35.9 Å². The summed E-state index contributed by atoms with van der Waals surface area (Å²) in [4.78, 5) is 12.0. The molecule has 0 aliphatic heterocycles. The van der Waals surface area contributed by atoms with E-state index in [9.17, 15) is 4.79 Å². The molecular formula is C14H15IN4O. The molecule has 1 heterocycles. The highest BCUT2D eigenvalue weighted by molar-refractivity contribution is 14.1. The normalized spacial score (nSPS) is 14.3. The van der Waals surface area contributed by atoms with Crippen LogP contribution in [0.4, 0.5) is 0 Å². The maximum absolute atomic E-state index is 12.0. The molecule has 2 aromatic rings. The van der Waals surface area contributed by atoms with Crippen LogP contribution in [0.25, 0.3) is 0 Å². The van der Waals surface area contributed by atoms with Gasteiger partial charge in [-0.1, -0.05) is 0 Å². The number of hydrogen-bond acceptors (Lipinski definition) is 3. The van der Waals surface area contributed by atoms with Crippen LogP contribution in [0.15, 0.2) is 24.3 Å². The average molecular weight is 382 g/mol. The molecule has 104 valence electrons. The number of hydrogen-bond donors (Lipinski definition) is 1. The summed E-state index contributed by atoms with van der Waals surface area (Å²) in [5, 5.41) is 11.2. The first kappa shape index (κ1) is 13.5. The predicted molar refractivity (Wildman–Crippen MR) is 83.3 cm³/mol. The molecule has 1 amide bonds. The summed E-state index contributed by atoms with van der Waals surface area (Å²) >= 11 is 2.22. The zero-order valence-corrected chi connectivity index (χ0v) is 13.3. The van der Waals surface area contributed by atoms with Gasteiger partial charge in [0.2, 0.25) is 0 Å². The average Bonchev–Trinajstić information content (AvgIpc) is 3.22. The van der Waals surface area contributed by atoms with Crippen molar-refractivity contribution in [2.75, 3.05) is 0 Å². The van der Waals surface area contributed by atoms with Crippen molar-refractivity contribution in [3.63, 3.8) is 0 Å². The molecule has 20 heavy (non-hydrogen) atoms. The fourth-order valence-electron chi connectivity index (χ4n) is 2.09. The van der Waals surface area contributed by atoms with Gasteiger partial charge in [0.25, 0.3) is 5.91 Å². The maximum atomic E-state index is 12.0. The van der Waals surface area contributed by atoms with E-state index in [2.05, 4.69) is 38.1 Å². The Balaban J connectivity index is 1.64. The summed E-state index contributed by atoms with van der Waals surface area (Å²) in [6.07, 6.45) is 2.39. The van der Waals surface area contributed by atoms with E-state index < -0.39 is 0 Å². The summed E-state index contributed by atoms with van der Waals surface area (Å²) in [5.74, 6) is 2.31.